The number of carbonyl (C=O) groups is 1. The smallest absolute Gasteiger partial charge is 0.272 e. The van der Waals surface area contributed by atoms with Gasteiger partial charge in [-0.3, -0.25) is 4.79 Å². The molecule has 1 aliphatic rings. The summed E-state index contributed by atoms with van der Waals surface area (Å²) in [6.07, 6.45) is 4.04. The summed E-state index contributed by atoms with van der Waals surface area (Å²) in [5.74, 6) is -0.147. The summed E-state index contributed by atoms with van der Waals surface area (Å²) in [4.78, 5) is 12.2. The maximum absolute atomic E-state index is 12.2. The van der Waals surface area contributed by atoms with E-state index in [0.717, 1.165) is 18.5 Å². The zero-order valence-corrected chi connectivity index (χ0v) is 11.0. The number of amides is 1. The molecule has 1 fully saturated rings. The molecule has 0 unspecified atom stereocenters. The second-order valence-corrected chi connectivity index (χ2v) is 5.19. The van der Waals surface area contributed by atoms with E-state index in [1.165, 1.54) is 0 Å². The molecule has 0 spiro atoms. The van der Waals surface area contributed by atoms with E-state index < -0.39 is 0 Å². The van der Waals surface area contributed by atoms with Crippen LogP contribution in [0.4, 0.5) is 11.4 Å². The van der Waals surface area contributed by atoms with Gasteiger partial charge in [0.15, 0.2) is 0 Å². The molecule has 3 N–H and O–H groups in total. The van der Waals surface area contributed by atoms with E-state index >= 15 is 0 Å². The molecule has 1 aromatic carbocycles. The van der Waals surface area contributed by atoms with Crippen molar-refractivity contribution >= 4 is 28.9 Å². The summed E-state index contributed by atoms with van der Waals surface area (Å²) in [5, 5.41) is 3.49. The number of halogens is 1. The zero-order valence-electron chi connectivity index (χ0n) is 10.3. The number of nitrogens with two attached hydrogens (primary N) is 1. The van der Waals surface area contributed by atoms with Crippen molar-refractivity contribution in [2.75, 3.05) is 11.1 Å². The van der Waals surface area contributed by atoms with Crippen molar-refractivity contribution in [2.24, 2.45) is 0 Å². The van der Waals surface area contributed by atoms with Gasteiger partial charge in [0.1, 0.15) is 5.69 Å². The quantitative estimate of drug-likeness (QED) is 0.903. The maximum Gasteiger partial charge on any atom is 0.272 e. The van der Waals surface area contributed by atoms with Crippen molar-refractivity contribution in [3.05, 3.63) is 47.2 Å². The van der Waals surface area contributed by atoms with Crippen molar-refractivity contribution in [3.8, 4) is 0 Å². The first-order valence-corrected chi connectivity index (χ1v) is 6.55. The highest BCUT2D eigenvalue weighted by Gasteiger charge is 2.27. The average molecular weight is 276 g/mol. The molecule has 1 saturated carbocycles. The fraction of sp³-hybridized carbons (Fsp3) is 0.214. The summed E-state index contributed by atoms with van der Waals surface area (Å²) in [5.41, 5.74) is 7.72. The SMILES string of the molecule is Nc1cc(C(=O)Nc2ccc(Cl)cc2)n(C2CC2)c1. The molecule has 19 heavy (non-hydrogen) atoms. The molecular weight excluding hydrogens is 262 g/mol. The fourth-order valence-electron chi connectivity index (χ4n) is 2.07. The Morgan fingerprint density at radius 3 is 2.63 bits per heavy atom. The first-order valence-electron chi connectivity index (χ1n) is 6.18. The highest BCUT2D eigenvalue weighted by Crippen LogP contribution is 2.37. The van der Waals surface area contributed by atoms with E-state index in [2.05, 4.69) is 5.32 Å². The third-order valence-electron chi connectivity index (χ3n) is 3.14. The molecule has 0 aliphatic heterocycles. The number of carbonyl (C=O) groups excluding carboxylic acids is 1. The molecule has 0 radical (unpaired) electrons. The molecule has 0 atom stereocenters. The lowest BCUT2D eigenvalue weighted by atomic mass is 10.3. The van der Waals surface area contributed by atoms with Gasteiger partial charge in [-0.2, -0.15) is 0 Å². The lowest BCUT2D eigenvalue weighted by Crippen LogP contribution is -2.16. The summed E-state index contributed by atoms with van der Waals surface area (Å²) in [6.45, 7) is 0. The second-order valence-electron chi connectivity index (χ2n) is 4.76. The molecule has 2 aromatic rings. The van der Waals surface area contributed by atoms with Crippen LogP contribution in [0.2, 0.25) is 5.02 Å². The first kappa shape index (κ1) is 12.1. The Morgan fingerprint density at radius 2 is 2.00 bits per heavy atom. The van der Waals surface area contributed by atoms with Gasteiger partial charge in [0.05, 0.1) is 5.69 Å². The topological polar surface area (TPSA) is 60.1 Å². The molecule has 1 aromatic heterocycles. The van der Waals surface area contributed by atoms with E-state index in [0.29, 0.717) is 22.4 Å². The monoisotopic (exact) mass is 275 g/mol. The molecular formula is C14H14ClN3O. The van der Waals surface area contributed by atoms with E-state index in [-0.39, 0.29) is 5.91 Å². The van der Waals surface area contributed by atoms with Crippen LogP contribution in [0.15, 0.2) is 36.5 Å². The van der Waals surface area contributed by atoms with Crippen LogP contribution in [0.1, 0.15) is 29.4 Å². The van der Waals surface area contributed by atoms with Gasteiger partial charge in [-0.1, -0.05) is 11.6 Å². The number of hydrogen-bond acceptors (Lipinski definition) is 2. The van der Waals surface area contributed by atoms with Crippen LogP contribution in [0.25, 0.3) is 0 Å². The molecule has 0 bridgehead atoms. The number of rotatable bonds is 3. The van der Waals surface area contributed by atoms with Gasteiger partial charge in [0.25, 0.3) is 5.91 Å². The molecule has 3 rings (SSSR count). The molecule has 98 valence electrons. The van der Waals surface area contributed by atoms with Crippen molar-refractivity contribution < 1.29 is 4.79 Å². The van der Waals surface area contributed by atoms with Crippen LogP contribution in [0.5, 0.6) is 0 Å². The number of nitrogen functional groups attached to an aromatic ring is 1. The van der Waals surface area contributed by atoms with Gasteiger partial charge < -0.3 is 15.6 Å². The van der Waals surface area contributed by atoms with E-state index in [9.17, 15) is 4.79 Å². The molecule has 5 heteroatoms. The molecule has 0 saturated heterocycles. The lowest BCUT2D eigenvalue weighted by molar-refractivity contribution is 0.101. The summed E-state index contributed by atoms with van der Waals surface area (Å²) >= 11 is 5.81. The van der Waals surface area contributed by atoms with Crippen molar-refractivity contribution in [3.63, 3.8) is 0 Å². The number of aromatic nitrogens is 1. The van der Waals surface area contributed by atoms with E-state index in [1.54, 1.807) is 30.3 Å². The van der Waals surface area contributed by atoms with Gasteiger partial charge in [-0.25, -0.2) is 0 Å². The number of anilines is 2. The van der Waals surface area contributed by atoms with Gasteiger partial charge in [-0.15, -0.1) is 0 Å². The van der Waals surface area contributed by atoms with Gasteiger partial charge in [0, 0.05) is 22.9 Å². The maximum atomic E-state index is 12.2. The second kappa shape index (κ2) is 4.63. The highest BCUT2D eigenvalue weighted by atomic mass is 35.5. The van der Waals surface area contributed by atoms with Crippen LogP contribution in [0, 0.1) is 0 Å². The van der Waals surface area contributed by atoms with Crippen LogP contribution >= 0.6 is 11.6 Å². The Kier molecular flexibility index (Phi) is 2.95. The van der Waals surface area contributed by atoms with E-state index in [4.69, 9.17) is 17.3 Å². The fourth-order valence-corrected chi connectivity index (χ4v) is 2.19. The number of benzene rings is 1. The van der Waals surface area contributed by atoms with Crippen molar-refractivity contribution in [2.45, 2.75) is 18.9 Å². The first-order chi connectivity index (χ1) is 9.13. The minimum atomic E-state index is -0.147. The predicted molar refractivity (Wildman–Crippen MR) is 76.5 cm³/mol. The Morgan fingerprint density at radius 1 is 1.32 bits per heavy atom. The van der Waals surface area contributed by atoms with Crippen LogP contribution in [0.3, 0.4) is 0 Å². The minimum absolute atomic E-state index is 0.147. The third-order valence-corrected chi connectivity index (χ3v) is 3.40. The molecule has 4 nitrogen and oxygen atoms in total. The Hall–Kier alpha value is -1.94. The lowest BCUT2D eigenvalue weighted by Gasteiger charge is -2.08. The van der Waals surface area contributed by atoms with Gasteiger partial charge in [0.2, 0.25) is 0 Å². The number of nitrogens with one attached hydrogen (secondary N) is 1. The standard InChI is InChI=1S/C14H14ClN3O/c15-9-1-3-11(4-2-9)17-14(19)13-7-10(16)8-18(13)12-5-6-12/h1-4,7-8,12H,5-6,16H2,(H,17,19). The Labute approximate surface area is 116 Å². The molecule has 1 heterocycles. The van der Waals surface area contributed by atoms with Gasteiger partial charge >= 0.3 is 0 Å². The minimum Gasteiger partial charge on any atom is -0.397 e. The Bertz CT molecular complexity index is 614. The van der Waals surface area contributed by atoms with Crippen LogP contribution in [-0.4, -0.2) is 10.5 Å². The van der Waals surface area contributed by atoms with E-state index in [1.807, 2.05) is 10.8 Å². The van der Waals surface area contributed by atoms with Crippen molar-refractivity contribution in [1.29, 1.82) is 0 Å². The predicted octanol–water partition coefficient (Wildman–Crippen LogP) is 3.31. The average Bonchev–Trinajstić information content (AvgIpc) is 3.15. The third kappa shape index (κ3) is 2.58. The summed E-state index contributed by atoms with van der Waals surface area (Å²) < 4.78 is 1.96. The van der Waals surface area contributed by atoms with Crippen LogP contribution in [-0.2, 0) is 0 Å². The number of nitrogens with zero attached hydrogens (tertiary/aromatic N) is 1. The zero-order chi connectivity index (χ0) is 13.4. The van der Waals surface area contributed by atoms with Gasteiger partial charge in [-0.05, 0) is 43.2 Å². The molecule has 1 aliphatic carbocycles. The summed E-state index contributed by atoms with van der Waals surface area (Å²) in [6, 6.07) is 9.16. The number of hydrogen-bond donors (Lipinski definition) is 2. The van der Waals surface area contributed by atoms with Crippen LogP contribution < -0.4 is 11.1 Å². The largest absolute Gasteiger partial charge is 0.397 e. The normalized spacial score (nSPS) is 14.4. The Balaban J connectivity index is 1.82. The summed E-state index contributed by atoms with van der Waals surface area (Å²) in [7, 11) is 0. The van der Waals surface area contributed by atoms with Crippen molar-refractivity contribution in [1.82, 2.24) is 4.57 Å². The molecule has 1 amide bonds. The highest BCUT2D eigenvalue weighted by molar-refractivity contribution is 6.30.